The molecular weight excluding hydrogens is 377 g/mol. The van der Waals surface area contributed by atoms with E-state index in [-0.39, 0.29) is 17.7 Å². The number of aromatic nitrogens is 4. The van der Waals surface area contributed by atoms with Crippen molar-refractivity contribution in [1.82, 2.24) is 19.7 Å². The fourth-order valence-electron chi connectivity index (χ4n) is 3.04. The number of carbonyl (C=O) groups excluding carboxylic acids is 1. The molecule has 0 saturated heterocycles. The minimum atomic E-state index is -1.21. The lowest BCUT2D eigenvalue weighted by Crippen LogP contribution is -2.17. The van der Waals surface area contributed by atoms with Gasteiger partial charge >= 0.3 is 5.97 Å². The van der Waals surface area contributed by atoms with Gasteiger partial charge in [0.2, 0.25) is 5.91 Å². The molecule has 0 aliphatic heterocycles. The van der Waals surface area contributed by atoms with Crippen LogP contribution in [0.3, 0.4) is 0 Å². The van der Waals surface area contributed by atoms with Gasteiger partial charge in [-0.25, -0.2) is 23.8 Å². The van der Waals surface area contributed by atoms with E-state index in [0.717, 1.165) is 29.6 Å². The number of carboxylic acid groups (broad SMARTS) is 1. The van der Waals surface area contributed by atoms with Crippen LogP contribution in [0.1, 0.15) is 38.7 Å². The molecule has 0 aliphatic carbocycles. The van der Waals surface area contributed by atoms with Gasteiger partial charge < -0.3 is 10.4 Å². The predicted molar refractivity (Wildman–Crippen MR) is 104 cm³/mol. The third-order valence-electron chi connectivity index (χ3n) is 4.43. The molecule has 1 amide bonds. The van der Waals surface area contributed by atoms with Gasteiger partial charge in [0.15, 0.2) is 0 Å². The second kappa shape index (κ2) is 7.78. The van der Waals surface area contributed by atoms with Crippen LogP contribution in [0, 0.1) is 33.5 Å². The molecule has 1 aromatic carbocycles. The van der Waals surface area contributed by atoms with Gasteiger partial charge in [-0.2, -0.15) is 5.10 Å². The smallest absolute Gasteiger partial charge is 0.335 e. The van der Waals surface area contributed by atoms with E-state index >= 15 is 0 Å². The Bertz CT molecular complexity index is 1100. The molecule has 0 radical (unpaired) electrons. The van der Waals surface area contributed by atoms with Crippen LogP contribution in [-0.4, -0.2) is 36.7 Å². The molecule has 9 heteroatoms. The second-order valence-electron chi connectivity index (χ2n) is 6.74. The van der Waals surface area contributed by atoms with Crippen molar-refractivity contribution in [2.45, 2.75) is 34.1 Å². The Morgan fingerprint density at radius 3 is 2.38 bits per heavy atom. The van der Waals surface area contributed by atoms with Crippen molar-refractivity contribution in [3.63, 3.8) is 0 Å². The highest BCUT2D eigenvalue weighted by molar-refractivity contribution is 5.95. The van der Waals surface area contributed by atoms with Crippen LogP contribution < -0.4 is 5.32 Å². The summed E-state index contributed by atoms with van der Waals surface area (Å²) < 4.78 is 15.5. The normalized spacial score (nSPS) is 10.8. The molecule has 150 valence electrons. The summed E-state index contributed by atoms with van der Waals surface area (Å²) in [6.45, 7) is 7.28. The Labute approximate surface area is 166 Å². The van der Waals surface area contributed by atoms with E-state index in [1.807, 2.05) is 19.9 Å². The summed E-state index contributed by atoms with van der Waals surface area (Å²) in [7, 11) is 0. The summed E-state index contributed by atoms with van der Waals surface area (Å²) in [5, 5.41) is 15.9. The first-order chi connectivity index (χ1) is 13.7. The lowest BCUT2D eigenvalue weighted by molar-refractivity contribution is -0.115. The lowest BCUT2D eigenvalue weighted by Gasteiger charge is -2.08. The van der Waals surface area contributed by atoms with E-state index in [1.54, 1.807) is 18.5 Å². The molecule has 0 atom stereocenters. The molecule has 0 bridgehead atoms. The van der Waals surface area contributed by atoms with Crippen LogP contribution in [-0.2, 0) is 11.2 Å². The van der Waals surface area contributed by atoms with Crippen molar-refractivity contribution in [3.8, 4) is 5.95 Å². The number of anilines is 1. The average molecular weight is 397 g/mol. The van der Waals surface area contributed by atoms with E-state index in [2.05, 4.69) is 20.4 Å². The topological polar surface area (TPSA) is 110 Å². The summed E-state index contributed by atoms with van der Waals surface area (Å²) in [5.41, 5.74) is 3.29. The third kappa shape index (κ3) is 4.29. The molecule has 0 saturated carbocycles. The lowest BCUT2D eigenvalue weighted by atomic mass is 10.1. The van der Waals surface area contributed by atoms with Crippen LogP contribution in [0.2, 0.25) is 0 Å². The number of rotatable bonds is 5. The summed E-state index contributed by atoms with van der Waals surface area (Å²) in [6, 6.07) is 5.08. The van der Waals surface area contributed by atoms with Crippen molar-refractivity contribution >= 4 is 17.6 Å². The van der Waals surface area contributed by atoms with Crippen molar-refractivity contribution in [1.29, 1.82) is 0 Å². The number of carbonyl (C=O) groups is 2. The summed E-state index contributed by atoms with van der Waals surface area (Å²) in [6.07, 6.45) is -0.0563. The molecule has 2 aromatic heterocycles. The van der Waals surface area contributed by atoms with E-state index in [4.69, 9.17) is 5.11 Å². The maximum absolute atomic E-state index is 14.0. The van der Waals surface area contributed by atoms with E-state index < -0.39 is 17.7 Å². The van der Waals surface area contributed by atoms with Crippen LogP contribution in [0.25, 0.3) is 5.95 Å². The van der Waals surface area contributed by atoms with Gasteiger partial charge in [0.25, 0.3) is 5.95 Å². The minimum Gasteiger partial charge on any atom is -0.478 e. The number of nitrogens with zero attached hydrogens (tertiary/aromatic N) is 4. The van der Waals surface area contributed by atoms with Gasteiger partial charge in [0.05, 0.1) is 23.4 Å². The number of hydrogen-bond donors (Lipinski definition) is 2. The van der Waals surface area contributed by atoms with E-state index in [1.165, 1.54) is 0 Å². The van der Waals surface area contributed by atoms with Crippen LogP contribution >= 0.6 is 0 Å². The zero-order valence-corrected chi connectivity index (χ0v) is 16.4. The first-order valence-electron chi connectivity index (χ1n) is 8.86. The van der Waals surface area contributed by atoms with Crippen molar-refractivity contribution in [2.24, 2.45) is 0 Å². The minimum absolute atomic E-state index is 0.0563. The van der Waals surface area contributed by atoms with E-state index in [9.17, 15) is 14.0 Å². The maximum Gasteiger partial charge on any atom is 0.335 e. The molecule has 3 rings (SSSR count). The summed E-state index contributed by atoms with van der Waals surface area (Å²) >= 11 is 0. The van der Waals surface area contributed by atoms with Gasteiger partial charge in [0, 0.05) is 22.6 Å². The number of halogens is 1. The molecule has 0 aliphatic rings. The van der Waals surface area contributed by atoms with Gasteiger partial charge in [-0.15, -0.1) is 0 Å². The van der Waals surface area contributed by atoms with Crippen LogP contribution in [0.15, 0.2) is 24.3 Å². The number of aryl methyl sites for hydroxylation is 3. The first kappa shape index (κ1) is 20.1. The Kier molecular flexibility index (Phi) is 5.40. The molecule has 8 nitrogen and oxygen atoms in total. The Balaban J connectivity index is 1.86. The van der Waals surface area contributed by atoms with E-state index in [0.29, 0.717) is 22.9 Å². The van der Waals surface area contributed by atoms with Gasteiger partial charge in [0.1, 0.15) is 5.82 Å². The fourth-order valence-corrected chi connectivity index (χ4v) is 3.04. The Hall–Kier alpha value is -3.62. The van der Waals surface area contributed by atoms with Crippen molar-refractivity contribution in [3.05, 3.63) is 64.0 Å². The van der Waals surface area contributed by atoms with Gasteiger partial charge in [-0.3, -0.25) is 4.79 Å². The van der Waals surface area contributed by atoms with Crippen molar-refractivity contribution < 1.29 is 19.1 Å². The monoisotopic (exact) mass is 397 g/mol. The van der Waals surface area contributed by atoms with Crippen molar-refractivity contribution in [2.75, 3.05) is 5.32 Å². The zero-order valence-electron chi connectivity index (χ0n) is 16.4. The highest BCUT2D eigenvalue weighted by atomic mass is 19.1. The van der Waals surface area contributed by atoms with Crippen LogP contribution in [0.5, 0.6) is 0 Å². The highest BCUT2D eigenvalue weighted by Crippen LogP contribution is 2.20. The highest BCUT2D eigenvalue weighted by Gasteiger charge is 2.19. The average Bonchev–Trinajstić information content (AvgIpc) is 2.90. The third-order valence-corrected chi connectivity index (χ3v) is 4.43. The first-order valence-corrected chi connectivity index (χ1v) is 8.86. The Morgan fingerprint density at radius 1 is 1.10 bits per heavy atom. The standard InChI is InChI=1S/C20H20FN5O3/c1-10-7-11(2)23-20(22-10)26-13(4)15(12(3)25-26)9-18(27)24-17-8-14(19(28)29)5-6-16(17)21/h5-8H,9H2,1-4H3,(H,24,27)(H,28,29). The number of benzene rings is 1. The Morgan fingerprint density at radius 2 is 1.76 bits per heavy atom. The maximum atomic E-state index is 14.0. The second-order valence-corrected chi connectivity index (χ2v) is 6.74. The number of nitrogens with one attached hydrogen (secondary N) is 1. The number of aromatic carboxylic acids is 1. The SMILES string of the molecule is Cc1cc(C)nc(-n2nc(C)c(CC(=O)Nc3cc(C(=O)O)ccc3F)c2C)n1. The zero-order chi connectivity index (χ0) is 21.3. The van der Waals surface area contributed by atoms with Gasteiger partial charge in [-0.05, 0) is 52.0 Å². The molecule has 29 heavy (non-hydrogen) atoms. The molecule has 3 aromatic rings. The molecule has 0 unspecified atom stereocenters. The number of carboxylic acids is 1. The number of amides is 1. The summed E-state index contributed by atoms with van der Waals surface area (Å²) in [5.74, 6) is -1.99. The van der Waals surface area contributed by atoms with Crippen LogP contribution in [0.4, 0.5) is 10.1 Å². The molecular formula is C20H20FN5O3. The predicted octanol–water partition coefficient (Wildman–Crippen LogP) is 2.91. The molecule has 0 fully saturated rings. The quantitative estimate of drug-likeness (QED) is 0.685. The molecule has 0 spiro atoms. The number of hydrogen-bond acceptors (Lipinski definition) is 5. The largest absolute Gasteiger partial charge is 0.478 e. The summed E-state index contributed by atoms with van der Waals surface area (Å²) in [4.78, 5) is 32.3. The van der Waals surface area contributed by atoms with Gasteiger partial charge in [-0.1, -0.05) is 0 Å². The fraction of sp³-hybridized carbons (Fsp3) is 0.250. The molecule has 2 N–H and O–H groups in total. The molecule has 2 heterocycles.